The Kier molecular flexibility index (Phi) is 26.8. The summed E-state index contributed by atoms with van der Waals surface area (Å²) in [6, 6.07) is 0. The van der Waals surface area contributed by atoms with Crippen LogP contribution in [0.4, 0.5) is 0 Å². The monoisotopic (exact) mass is 464 g/mol. The van der Waals surface area contributed by atoms with E-state index in [-0.39, 0.29) is 38.4 Å². The average Bonchev–Trinajstić information content (AvgIpc) is 2.80. The van der Waals surface area contributed by atoms with Gasteiger partial charge in [0.25, 0.3) is 0 Å². The van der Waals surface area contributed by atoms with Gasteiger partial charge in [0.15, 0.2) is 0 Å². The lowest BCUT2D eigenvalue weighted by molar-refractivity contribution is -0.148. The molecule has 32 heavy (non-hydrogen) atoms. The highest BCUT2D eigenvalue weighted by Crippen LogP contribution is 2.09. The lowest BCUT2D eigenvalue weighted by atomic mass is 10.1. The zero-order chi connectivity index (χ0) is 24.5. The minimum absolute atomic E-state index is 0.105. The Morgan fingerprint density at radius 3 is 1.22 bits per heavy atom. The fourth-order valence-corrected chi connectivity index (χ4v) is 2.73. The molecule has 2 atom stereocenters. The minimum atomic E-state index is -0.951. The predicted octanol–water partition coefficient (Wildman–Crippen LogP) is 3.27. The first kappa shape index (κ1) is 33.0. The van der Waals surface area contributed by atoms with Crippen molar-refractivity contribution in [2.45, 2.75) is 116 Å². The molecule has 0 radical (unpaired) electrons. The molecule has 0 aliphatic carbocycles. The highest BCUT2D eigenvalue weighted by molar-refractivity contribution is 5.69. The van der Waals surface area contributed by atoms with E-state index in [1.807, 2.05) is 0 Å². The third kappa shape index (κ3) is 26.8. The van der Waals surface area contributed by atoms with Gasteiger partial charge in [0.1, 0.15) is 25.4 Å². The summed E-state index contributed by atoms with van der Waals surface area (Å²) >= 11 is 0. The zero-order valence-corrected chi connectivity index (χ0v) is 20.3. The average molecular weight is 465 g/mol. The van der Waals surface area contributed by atoms with Gasteiger partial charge >= 0.3 is 11.9 Å². The van der Waals surface area contributed by atoms with E-state index in [9.17, 15) is 9.59 Å². The van der Waals surface area contributed by atoms with Gasteiger partial charge in [-0.1, -0.05) is 78.1 Å². The Balaban J connectivity index is 0. The Bertz CT molecular complexity index is 417. The number of esters is 2. The topological polar surface area (TPSA) is 134 Å². The van der Waals surface area contributed by atoms with Crippen LogP contribution in [0.15, 0.2) is 0 Å². The van der Waals surface area contributed by atoms with Crippen molar-refractivity contribution in [2.24, 2.45) is 0 Å². The maximum Gasteiger partial charge on any atom is 0.305 e. The fraction of sp³-hybridized carbons (Fsp3) is 0.917. The number of aliphatic hydroxyl groups is 4. The molecule has 0 amide bonds. The van der Waals surface area contributed by atoms with E-state index in [4.69, 9.17) is 29.9 Å². The molecule has 8 heteroatoms. The summed E-state index contributed by atoms with van der Waals surface area (Å²) in [6.45, 7) is 3.38. The Hall–Kier alpha value is -1.22. The molecule has 0 saturated heterocycles. The van der Waals surface area contributed by atoms with E-state index >= 15 is 0 Å². The lowest BCUT2D eigenvalue weighted by Crippen LogP contribution is -2.21. The molecule has 4 N–H and O–H groups in total. The minimum Gasteiger partial charge on any atom is -0.463 e. The van der Waals surface area contributed by atoms with Gasteiger partial charge in [0.05, 0.1) is 13.2 Å². The number of carbonyl (C=O) groups is 2. The largest absolute Gasteiger partial charge is 0.463 e. The molecule has 0 bridgehead atoms. The van der Waals surface area contributed by atoms with Crippen LogP contribution in [0.3, 0.4) is 0 Å². The number of hydrogen-bond donors (Lipinski definition) is 4. The van der Waals surface area contributed by atoms with Gasteiger partial charge in [-0.05, 0) is 12.8 Å². The summed E-state index contributed by atoms with van der Waals surface area (Å²) in [6.07, 6.45) is 12.5. The van der Waals surface area contributed by atoms with Gasteiger partial charge in [-0.3, -0.25) is 9.59 Å². The van der Waals surface area contributed by atoms with Crippen molar-refractivity contribution in [1.29, 1.82) is 0 Å². The van der Waals surface area contributed by atoms with E-state index in [1.54, 1.807) is 0 Å². The first-order chi connectivity index (χ1) is 15.4. The summed E-state index contributed by atoms with van der Waals surface area (Å²) in [5.41, 5.74) is 0. The standard InChI is InChI=1S/C13H26O4.C11H22O4/c1-2-3-4-5-6-7-8-9-13(16)17-11-12(15)10-14;1-2-3-4-5-6-7-11(14)15-9-10(13)8-12/h12,14-15H,2-11H2,1H3;10,12-13H,2-9H2,1H3. The van der Waals surface area contributed by atoms with Gasteiger partial charge in [0, 0.05) is 12.8 Å². The van der Waals surface area contributed by atoms with Crippen molar-refractivity contribution in [2.75, 3.05) is 26.4 Å². The zero-order valence-electron chi connectivity index (χ0n) is 20.3. The van der Waals surface area contributed by atoms with Crippen molar-refractivity contribution in [3.05, 3.63) is 0 Å². The van der Waals surface area contributed by atoms with Crippen molar-refractivity contribution < 1.29 is 39.5 Å². The highest BCUT2D eigenvalue weighted by Gasteiger charge is 2.08. The second kappa shape index (κ2) is 26.0. The van der Waals surface area contributed by atoms with E-state index in [0.717, 1.165) is 32.1 Å². The molecular weight excluding hydrogens is 416 g/mol. The van der Waals surface area contributed by atoms with Crippen molar-refractivity contribution in [3.8, 4) is 0 Å². The van der Waals surface area contributed by atoms with E-state index in [2.05, 4.69) is 13.8 Å². The lowest BCUT2D eigenvalue weighted by Gasteiger charge is -2.08. The summed E-state index contributed by atoms with van der Waals surface area (Å²) in [4.78, 5) is 22.3. The van der Waals surface area contributed by atoms with E-state index in [1.165, 1.54) is 44.9 Å². The quantitative estimate of drug-likeness (QED) is 0.159. The summed E-state index contributed by atoms with van der Waals surface area (Å²) < 4.78 is 9.54. The molecule has 0 spiro atoms. The van der Waals surface area contributed by atoms with E-state index < -0.39 is 12.2 Å². The fourth-order valence-electron chi connectivity index (χ4n) is 2.73. The third-order valence-electron chi connectivity index (χ3n) is 4.76. The molecule has 8 nitrogen and oxygen atoms in total. The highest BCUT2D eigenvalue weighted by atomic mass is 16.5. The van der Waals surface area contributed by atoms with Crippen LogP contribution in [0.25, 0.3) is 0 Å². The van der Waals surface area contributed by atoms with Crippen LogP contribution in [0.1, 0.15) is 104 Å². The number of hydrogen-bond acceptors (Lipinski definition) is 8. The van der Waals surface area contributed by atoms with Crippen molar-refractivity contribution in [1.82, 2.24) is 0 Å². The van der Waals surface area contributed by atoms with Crippen molar-refractivity contribution in [3.63, 3.8) is 0 Å². The van der Waals surface area contributed by atoms with Crippen LogP contribution in [-0.4, -0.2) is 71.0 Å². The maximum atomic E-state index is 11.2. The molecular formula is C24H48O8. The number of unbranched alkanes of at least 4 members (excludes halogenated alkanes) is 10. The van der Waals surface area contributed by atoms with Gasteiger partial charge in [-0.2, -0.15) is 0 Å². The van der Waals surface area contributed by atoms with Gasteiger partial charge in [-0.25, -0.2) is 0 Å². The summed E-state index contributed by atoms with van der Waals surface area (Å²) in [5.74, 6) is -0.579. The normalized spacial score (nSPS) is 12.4. The van der Waals surface area contributed by atoms with Crippen LogP contribution in [0.2, 0.25) is 0 Å². The molecule has 0 aromatic heterocycles. The second-order valence-electron chi connectivity index (χ2n) is 8.07. The second-order valence-corrected chi connectivity index (χ2v) is 8.07. The van der Waals surface area contributed by atoms with E-state index in [0.29, 0.717) is 12.8 Å². The molecule has 2 unspecified atom stereocenters. The molecule has 0 heterocycles. The maximum absolute atomic E-state index is 11.2. The Morgan fingerprint density at radius 2 is 0.906 bits per heavy atom. The first-order valence-electron chi connectivity index (χ1n) is 12.3. The molecule has 0 rings (SSSR count). The van der Waals surface area contributed by atoms with Gasteiger partial charge in [-0.15, -0.1) is 0 Å². The van der Waals surface area contributed by atoms with Crippen LogP contribution in [0.5, 0.6) is 0 Å². The smallest absolute Gasteiger partial charge is 0.305 e. The number of aliphatic hydroxyl groups excluding tert-OH is 4. The molecule has 0 aromatic rings. The van der Waals surface area contributed by atoms with Crippen LogP contribution in [-0.2, 0) is 19.1 Å². The molecule has 0 aliphatic heterocycles. The molecule has 0 aromatic carbocycles. The summed E-state index contributed by atoms with van der Waals surface area (Å²) in [5, 5.41) is 34.9. The molecule has 192 valence electrons. The number of rotatable bonds is 20. The predicted molar refractivity (Wildman–Crippen MR) is 124 cm³/mol. The van der Waals surface area contributed by atoms with Crippen molar-refractivity contribution >= 4 is 11.9 Å². The van der Waals surface area contributed by atoms with Crippen LogP contribution >= 0.6 is 0 Å². The van der Waals surface area contributed by atoms with Gasteiger partial charge < -0.3 is 29.9 Å². The molecule has 0 fully saturated rings. The summed E-state index contributed by atoms with van der Waals surface area (Å²) in [7, 11) is 0. The third-order valence-corrected chi connectivity index (χ3v) is 4.76. The molecule has 0 saturated carbocycles. The van der Waals surface area contributed by atoms with Crippen LogP contribution in [0, 0.1) is 0 Å². The number of carbonyl (C=O) groups excluding carboxylic acids is 2. The number of ether oxygens (including phenoxy) is 2. The Labute approximate surface area is 194 Å². The molecule has 0 aliphatic rings. The van der Waals surface area contributed by atoms with Gasteiger partial charge in [0.2, 0.25) is 0 Å². The Morgan fingerprint density at radius 1 is 0.594 bits per heavy atom. The SMILES string of the molecule is CCCCCCCC(=O)OCC(O)CO.CCCCCCCCCC(=O)OCC(O)CO. The van der Waals surface area contributed by atoms with Crippen LogP contribution < -0.4 is 0 Å². The first-order valence-corrected chi connectivity index (χ1v) is 12.3.